The van der Waals surface area contributed by atoms with E-state index in [1.54, 1.807) is 34.1 Å². The van der Waals surface area contributed by atoms with Crippen LogP contribution in [-0.4, -0.2) is 36.7 Å². The Labute approximate surface area is 155 Å². The Morgan fingerprint density at radius 1 is 1.07 bits per heavy atom. The number of fused-ring (bicyclic) bond motifs is 1. The molecule has 0 unspecified atom stereocenters. The van der Waals surface area contributed by atoms with Gasteiger partial charge >= 0.3 is 0 Å². The van der Waals surface area contributed by atoms with Crippen LogP contribution in [0.25, 0.3) is 0 Å². The van der Waals surface area contributed by atoms with Crippen LogP contribution in [0.15, 0.2) is 54.9 Å². The predicted octanol–water partition coefficient (Wildman–Crippen LogP) is 1.15. The van der Waals surface area contributed by atoms with E-state index < -0.39 is 0 Å². The summed E-state index contributed by atoms with van der Waals surface area (Å²) in [7, 11) is 0. The number of nitrogens with zero attached hydrogens (tertiary/aromatic N) is 5. The van der Waals surface area contributed by atoms with E-state index in [4.69, 9.17) is 0 Å². The Morgan fingerprint density at radius 3 is 2.63 bits per heavy atom. The first-order valence-corrected chi connectivity index (χ1v) is 8.62. The molecular weight excluding hydrogens is 344 g/mol. The zero-order chi connectivity index (χ0) is 18.6. The van der Waals surface area contributed by atoms with Crippen LogP contribution in [0, 0.1) is 0 Å². The number of carbonyl (C=O) groups excluding carboxylic acids is 2. The fourth-order valence-electron chi connectivity index (χ4n) is 3.02. The van der Waals surface area contributed by atoms with Crippen LogP contribution in [0.4, 0.5) is 0 Å². The number of pyridine rings is 1. The van der Waals surface area contributed by atoms with Crippen LogP contribution in [0.1, 0.15) is 27.3 Å². The van der Waals surface area contributed by atoms with Gasteiger partial charge in [-0.1, -0.05) is 35.5 Å². The number of hydrogen-bond donors (Lipinski definition) is 1. The number of carbonyl (C=O) groups is 2. The van der Waals surface area contributed by atoms with Crippen molar-refractivity contribution in [2.45, 2.75) is 26.2 Å². The summed E-state index contributed by atoms with van der Waals surface area (Å²) in [6, 6.07) is 13.1. The standard InChI is InChI=1S/C19H18N6O2/c26-18-13-25-17(12-24(18)11-14-4-2-1-3-5-14)16(22-23-25)10-21-19(27)15-6-8-20-9-7-15/h1-9H,10-13H2,(H,21,27). The minimum absolute atomic E-state index is 0.00336. The first-order valence-electron chi connectivity index (χ1n) is 8.62. The summed E-state index contributed by atoms with van der Waals surface area (Å²) < 4.78 is 1.61. The second-order valence-corrected chi connectivity index (χ2v) is 6.29. The van der Waals surface area contributed by atoms with Crippen molar-refractivity contribution < 1.29 is 9.59 Å². The van der Waals surface area contributed by atoms with Crippen molar-refractivity contribution in [3.05, 3.63) is 77.4 Å². The van der Waals surface area contributed by atoms with Gasteiger partial charge in [0.2, 0.25) is 5.91 Å². The second-order valence-electron chi connectivity index (χ2n) is 6.29. The Hall–Kier alpha value is -3.55. The lowest BCUT2D eigenvalue weighted by Gasteiger charge is -2.27. The number of hydrogen-bond acceptors (Lipinski definition) is 5. The summed E-state index contributed by atoms with van der Waals surface area (Å²) in [5.74, 6) is -0.198. The fourth-order valence-corrected chi connectivity index (χ4v) is 3.02. The molecule has 1 aliphatic rings. The third-order valence-corrected chi connectivity index (χ3v) is 4.47. The lowest BCUT2D eigenvalue weighted by atomic mass is 10.1. The molecule has 2 amide bonds. The molecule has 0 spiro atoms. The van der Waals surface area contributed by atoms with Gasteiger partial charge in [0.1, 0.15) is 12.2 Å². The van der Waals surface area contributed by atoms with Crippen LogP contribution >= 0.6 is 0 Å². The van der Waals surface area contributed by atoms with Crippen molar-refractivity contribution in [1.82, 2.24) is 30.2 Å². The smallest absolute Gasteiger partial charge is 0.251 e. The maximum Gasteiger partial charge on any atom is 0.251 e. The van der Waals surface area contributed by atoms with Gasteiger partial charge in [-0.05, 0) is 17.7 Å². The molecule has 0 bridgehead atoms. The van der Waals surface area contributed by atoms with E-state index in [1.807, 2.05) is 30.3 Å². The van der Waals surface area contributed by atoms with E-state index in [0.29, 0.717) is 24.3 Å². The third-order valence-electron chi connectivity index (χ3n) is 4.47. The van der Waals surface area contributed by atoms with Gasteiger partial charge in [0.25, 0.3) is 5.91 Å². The minimum atomic E-state index is -0.202. The molecule has 0 saturated heterocycles. The Morgan fingerprint density at radius 2 is 1.85 bits per heavy atom. The number of amides is 2. The topological polar surface area (TPSA) is 93.0 Å². The number of benzene rings is 1. The van der Waals surface area contributed by atoms with Crippen molar-refractivity contribution in [2.24, 2.45) is 0 Å². The van der Waals surface area contributed by atoms with Gasteiger partial charge < -0.3 is 10.2 Å². The lowest BCUT2D eigenvalue weighted by Crippen LogP contribution is -2.39. The zero-order valence-electron chi connectivity index (χ0n) is 14.6. The maximum atomic E-state index is 12.4. The van der Waals surface area contributed by atoms with Gasteiger partial charge in [-0.2, -0.15) is 0 Å². The molecule has 1 aliphatic heterocycles. The SMILES string of the molecule is O=C(NCc1nnn2c1CN(Cc1ccccc1)C(=O)C2)c1ccncc1. The largest absolute Gasteiger partial charge is 0.346 e. The molecule has 0 radical (unpaired) electrons. The normalized spacial score (nSPS) is 13.3. The summed E-state index contributed by atoms with van der Waals surface area (Å²) in [6.45, 7) is 1.37. The molecule has 0 aliphatic carbocycles. The molecule has 2 aromatic heterocycles. The summed E-state index contributed by atoms with van der Waals surface area (Å²) in [4.78, 5) is 30.3. The molecule has 3 aromatic rings. The molecule has 8 nitrogen and oxygen atoms in total. The monoisotopic (exact) mass is 362 g/mol. The zero-order valence-corrected chi connectivity index (χ0v) is 14.6. The van der Waals surface area contributed by atoms with Gasteiger partial charge in [-0.25, -0.2) is 4.68 Å². The lowest BCUT2D eigenvalue weighted by molar-refractivity contribution is -0.135. The van der Waals surface area contributed by atoms with E-state index in [2.05, 4.69) is 20.6 Å². The molecule has 4 rings (SSSR count). The van der Waals surface area contributed by atoms with Crippen LogP contribution in [0.2, 0.25) is 0 Å². The molecule has 0 saturated carbocycles. The van der Waals surface area contributed by atoms with Crippen LogP contribution in [0.3, 0.4) is 0 Å². The predicted molar refractivity (Wildman–Crippen MR) is 96.1 cm³/mol. The van der Waals surface area contributed by atoms with Crippen molar-refractivity contribution >= 4 is 11.8 Å². The quantitative estimate of drug-likeness (QED) is 0.735. The van der Waals surface area contributed by atoms with Crippen LogP contribution < -0.4 is 5.32 Å². The van der Waals surface area contributed by atoms with Crippen LogP contribution in [-0.2, 0) is 31.0 Å². The van der Waals surface area contributed by atoms with Gasteiger partial charge in [-0.3, -0.25) is 14.6 Å². The number of rotatable bonds is 5. The molecule has 0 atom stereocenters. The third kappa shape index (κ3) is 3.69. The molecule has 1 N–H and O–H groups in total. The molecule has 1 aromatic carbocycles. The van der Waals surface area contributed by atoms with E-state index in [1.165, 1.54) is 0 Å². The Balaban J connectivity index is 1.45. The highest BCUT2D eigenvalue weighted by molar-refractivity contribution is 5.93. The Bertz CT molecular complexity index is 955. The van der Waals surface area contributed by atoms with E-state index in [-0.39, 0.29) is 24.9 Å². The maximum absolute atomic E-state index is 12.4. The highest BCUT2D eigenvalue weighted by Gasteiger charge is 2.27. The fraction of sp³-hybridized carbons (Fsp3) is 0.211. The van der Waals surface area contributed by atoms with Crippen molar-refractivity contribution in [3.63, 3.8) is 0 Å². The minimum Gasteiger partial charge on any atom is -0.346 e. The second kappa shape index (κ2) is 7.36. The van der Waals surface area contributed by atoms with E-state index in [0.717, 1.165) is 11.3 Å². The average molecular weight is 362 g/mol. The van der Waals surface area contributed by atoms with Gasteiger partial charge in [0.05, 0.1) is 18.8 Å². The van der Waals surface area contributed by atoms with Gasteiger partial charge in [0, 0.05) is 24.5 Å². The molecular formula is C19H18N6O2. The Kier molecular flexibility index (Phi) is 4.61. The van der Waals surface area contributed by atoms with E-state index >= 15 is 0 Å². The van der Waals surface area contributed by atoms with E-state index in [9.17, 15) is 9.59 Å². The molecule has 27 heavy (non-hydrogen) atoms. The molecule has 8 heteroatoms. The van der Waals surface area contributed by atoms with Gasteiger partial charge in [0.15, 0.2) is 0 Å². The molecule has 3 heterocycles. The average Bonchev–Trinajstić information content (AvgIpc) is 3.09. The molecule has 0 fully saturated rings. The van der Waals surface area contributed by atoms with Crippen molar-refractivity contribution in [1.29, 1.82) is 0 Å². The van der Waals surface area contributed by atoms with Gasteiger partial charge in [-0.15, -0.1) is 5.10 Å². The van der Waals surface area contributed by atoms with Crippen molar-refractivity contribution in [3.8, 4) is 0 Å². The van der Waals surface area contributed by atoms with Crippen molar-refractivity contribution in [2.75, 3.05) is 0 Å². The first-order chi connectivity index (χ1) is 13.2. The van der Waals surface area contributed by atoms with Crippen LogP contribution in [0.5, 0.6) is 0 Å². The summed E-state index contributed by atoms with van der Waals surface area (Å²) in [5.41, 5.74) is 3.12. The number of aromatic nitrogens is 4. The summed E-state index contributed by atoms with van der Waals surface area (Å²) >= 11 is 0. The highest BCUT2D eigenvalue weighted by atomic mass is 16.2. The molecule has 136 valence electrons. The highest BCUT2D eigenvalue weighted by Crippen LogP contribution is 2.18. The number of nitrogens with one attached hydrogen (secondary N) is 1. The summed E-state index contributed by atoms with van der Waals surface area (Å²) in [5, 5.41) is 11.0. The summed E-state index contributed by atoms with van der Waals surface area (Å²) in [6.07, 6.45) is 3.14. The first kappa shape index (κ1) is 16.9.